The molecule has 0 bridgehead atoms. The maximum Gasteiger partial charge on any atom is 0.243 e. The summed E-state index contributed by atoms with van der Waals surface area (Å²) in [7, 11) is 0. The van der Waals surface area contributed by atoms with E-state index in [1.807, 2.05) is 36.9 Å². The predicted molar refractivity (Wildman–Crippen MR) is 96.7 cm³/mol. The average Bonchev–Trinajstić information content (AvgIpc) is 2.87. The van der Waals surface area contributed by atoms with Crippen molar-refractivity contribution in [3.8, 4) is 0 Å². The number of carbonyl (C=O) groups excluding carboxylic acids is 2. The van der Waals surface area contributed by atoms with Crippen molar-refractivity contribution in [1.29, 1.82) is 0 Å². The second-order valence-electron chi connectivity index (χ2n) is 6.21. The molecule has 1 fully saturated rings. The van der Waals surface area contributed by atoms with Gasteiger partial charge in [0.05, 0.1) is 19.2 Å². The number of anilines is 1. The molecule has 0 aliphatic carbocycles. The SMILES string of the molecule is CC[C@H]1CN(CC(=O)NCC(=O)Nc2ccc(Br)cc2C)C[C@H]1O. The first-order valence-corrected chi connectivity index (χ1v) is 8.91. The van der Waals surface area contributed by atoms with Crippen molar-refractivity contribution in [2.45, 2.75) is 26.4 Å². The summed E-state index contributed by atoms with van der Waals surface area (Å²) in [5.74, 6) is -0.246. The minimum atomic E-state index is -0.369. The van der Waals surface area contributed by atoms with Crippen LogP contribution in [-0.2, 0) is 9.59 Å². The van der Waals surface area contributed by atoms with Crippen LogP contribution in [0, 0.1) is 12.8 Å². The predicted octanol–water partition coefficient (Wildman–Crippen LogP) is 1.51. The molecule has 24 heavy (non-hydrogen) atoms. The molecule has 0 unspecified atom stereocenters. The van der Waals surface area contributed by atoms with Crippen molar-refractivity contribution in [3.05, 3.63) is 28.2 Å². The smallest absolute Gasteiger partial charge is 0.243 e. The highest BCUT2D eigenvalue weighted by atomic mass is 79.9. The molecule has 1 aromatic carbocycles. The fraction of sp³-hybridized carbons (Fsp3) is 0.529. The molecule has 2 amide bonds. The Bertz CT molecular complexity index is 609. The Morgan fingerprint density at radius 1 is 1.33 bits per heavy atom. The fourth-order valence-corrected chi connectivity index (χ4v) is 3.35. The summed E-state index contributed by atoms with van der Waals surface area (Å²) in [5, 5.41) is 15.3. The Morgan fingerprint density at radius 3 is 2.71 bits per heavy atom. The molecule has 2 atom stereocenters. The number of amides is 2. The summed E-state index contributed by atoms with van der Waals surface area (Å²) < 4.78 is 0.949. The number of nitrogens with zero attached hydrogens (tertiary/aromatic N) is 1. The number of nitrogens with one attached hydrogen (secondary N) is 2. The number of benzene rings is 1. The zero-order valence-electron chi connectivity index (χ0n) is 14.0. The van der Waals surface area contributed by atoms with Crippen LogP contribution in [-0.4, -0.2) is 54.1 Å². The number of aryl methyl sites for hydroxylation is 1. The maximum atomic E-state index is 12.0. The number of halogens is 1. The van der Waals surface area contributed by atoms with Gasteiger partial charge >= 0.3 is 0 Å². The van der Waals surface area contributed by atoms with Crippen molar-refractivity contribution >= 4 is 33.4 Å². The van der Waals surface area contributed by atoms with E-state index in [4.69, 9.17) is 0 Å². The van der Waals surface area contributed by atoms with Crippen LogP contribution in [0.25, 0.3) is 0 Å². The van der Waals surface area contributed by atoms with Gasteiger partial charge in [-0.05, 0) is 43.0 Å². The molecule has 6 nitrogen and oxygen atoms in total. The van der Waals surface area contributed by atoms with Gasteiger partial charge in [-0.2, -0.15) is 0 Å². The molecule has 0 aromatic heterocycles. The largest absolute Gasteiger partial charge is 0.391 e. The van der Waals surface area contributed by atoms with E-state index in [1.54, 1.807) is 0 Å². The lowest BCUT2D eigenvalue weighted by atomic mass is 10.0. The molecular weight excluding hydrogens is 374 g/mol. The normalized spacial score (nSPS) is 20.8. The van der Waals surface area contributed by atoms with Crippen LogP contribution in [0.1, 0.15) is 18.9 Å². The maximum absolute atomic E-state index is 12.0. The van der Waals surface area contributed by atoms with E-state index in [1.165, 1.54) is 0 Å². The van der Waals surface area contributed by atoms with Gasteiger partial charge in [0, 0.05) is 23.2 Å². The first kappa shape index (κ1) is 18.9. The third kappa shape index (κ3) is 5.29. The van der Waals surface area contributed by atoms with Crippen LogP contribution in [0.15, 0.2) is 22.7 Å². The summed E-state index contributed by atoms with van der Waals surface area (Å²) in [4.78, 5) is 25.8. The fourth-order valence-electron chi connectivity index (χ4n) is 2.87. The number of hydrogen-bond acceptors (Lipinski definition) is 4. The van der Waals surface area contributed by atoms with Crippen LogP contribution < -0.4 is 10.6 Å². The van der Waals surface area contributed by atoms with Gasteiger partial charge in [0.15, 0.2) is 0 Å². The summed E-state index contributed by atoms with van der Waals surface area (Å²) in [5.41, 5.74) is 1.67. The molecule has 1 saturated heterocycles. The standard InChI is InChI=1S/C17H24BrN3O3/c1-3-12-8-21(9-15(12)22)10-17(24)19-7-16(23)20-14-5-4-13(18)6-11(14)2/h4-6,12,15,22H,3,7-10H2,1-2H3,(H,19,24)(H,20,23)/t12-,15+/m0/s1. The van der Waals surface area contributed by atoms with E-state index < -0.39 is 0 Å². The molecule has 132 valence electrons. The molecule has 7 heteroatoms. The van der Waals surface area contributed by atoms with Crippen molar-refractivity contribution < 1.29 is 14.7 Å². The van der Waals surface area contributed by atoms with Gasteiger partial charge in [0.2, 0.25) is 11.8 Å². The summed E-state index contributed by atoms with van der Waals surface area (Å²) >= 11 is 3.38. The second-order valence-corrected chi connectivity index (χ2v) is 7.13. The van der Waals surface area contributed by atoms with E-state index in [-0.39, 0.29) is 36.9 Å². The van der Waals surface area contributed by atoms with Gasteiger partial charge in [0.1, 0.15) is 0 Å². The number of hydrogen-bond donors (Lipinski definition) is 3. The lowest BCUT2D eigenvalue weighted by Crippen LogP contribution is -2.40. The number of rotatable bonds is 6. The van der Waals surface area contributed by atoms with Crippen molar-refractivity contribution in [3.63, 3.8) is 0 Å². The molecule has 3 N–H and O–H groups in total. The number of β-amino-alcohol motifs (C(OH)–C–C–N with tert-alkyl or cyclic N) is 1. The molecule has 2 rings (SSSR count). The molecule has 1 aliphatic rings. The van der Waals surface area contributed by atoms with Gasteiger partial charge in [0.25, 0.3) is 0 Å². The number of aliphatic hydroxyl groups excluding tert-OH is 1. The highest BCUT2D eigenvalue weighted by Crippen LogP contribution is 2.20. The zero-order valence-corrected chi connectivity index (χ0v) is 15.6. The van der Waals surface area contributed by atoms with Crippen molar-refractivity contribution in [2.75, 3.05) is 31.5 Å². The van der Waals surface area contributed by atoms with Crippen LogP contribution in [0.3, 0.4) is 0 Å². The Balaban J connectivity index is 1.74. The van der Waals surface area contributed by atoms with E-state index in [0.29, 0.717) is 6.54 Å². The topological polar surface area (TPSA) is 81.7 Å². The Morgan fingerprint density at radius 2 is 2.08 bits per heavy atom. The molecular formula is C17H24BrN3O3. The van der Waals surface area contributed by atoms with Gasteiger partial charge < -0.3 is 15.7 Å². The second kappa shape index (κ2) is 8.60. The van der Waals surface area contributed by atoms with Crippen LogP contribution >= 0.6 is 15.9 Å². The Hall–Kier alpha value is -1.44. The molecule has 0 saturated carbocycles. The zero-order chi connectivity index (χ0) is 17.7. The average molecular weight is 398 g/mol. The van der Waals surface area contributed by atoms with Gasteiger partial charge in [-0.1, -0.05) is 22.9 Å². The van der Waals surface area contributed by atoms with Crippen molar-refractivity contribution in [1.82, 2.24) is 10.2 Å². The first-order chi connectivity index (χ1) is 11.4. The van der Waals surface area contributed by atoms with E-state index in [2.05, 4.69) is 26.6 Å². The molecule has 1 aliphatic heterocycles. The minimum Gasteiger partial charge on any atom is -0.391 e. The quantitative estimate of drug-likeness (QED) is 0.679. The van der Waals surface area contributed by atoms with E-state index >= 15 is 0 Å². The van der Waals surface area contributed by atoms with Crippen LogP contribution in [0.4, 0.5) is 5.69 Å². The minimum absolute atomic E-state index is 0.0675. The van der Waals surface area contributed by atoms with Gasteiger partial charge in [-0.3, -0.25) is 14.5 Å². The van der Waals surface area contributed by atoms with E-state index in [0.717, 1.165) is 28.7 Å². The molecule has 0 spiro atoms. The third-order valence-corrected chi connectivity index (χ3v) is 4.78. The third-order valence-electron chi connectivity index (χ3n) is 4.28. The summed E-state index contributed by atoms with van der Waals surface area (Å²) in [6.07, 6.45) is 0.528. The van der Waals surface area contributed by atoms with Gasteiger partial charge in [-0.25, -0.2) is 0 Å². The Labute approximate surface area is 150 Å². The molecule has 1 aromatic rings. The molecule has 1 heterocycles. The first-order valence-electron chi connectivity index (χ1n) is 8.12. The number of likely N-dealkylation sites (tertiary alicyclic amines) is 1. The molecule has 0 radical (unpaired) electrons. The lowest BCUT2D eigenvalue weighted by Gasteiger charge is -2.15. The monoisotopic (exact) mass is 397 g/mol. The van der Waals surface area contributed by atoms with Crippen molar-refractivity contribution in [2.24, 2.45) is 5.92 Å². The number of carbonyl (C=O) groups is 2. The Kier molecular flexibility index (Phi) is 6.77. The van der Waals surface area contributed by atoms with Crippen LogP contribution in [0.5, 0.6) is 0 Å². The summed E-state index contributed by atoms with van der Waals surface area (Å²) in [6, 6.07) is 5.58. The lowest BCUT2D eigenvalue weighted by molar-refractivity contribution is -0.124. The summed E-state index contributed by atoms with van der Waals surface area (Å²) in [6.45, 7) is 5.30. The highest BCUT2D eigenvalue weighted by Gasteiger charge is 2.30. The highest BCUT2D eigenvalue weighted by molar-refractivity contribution is 9.10. The van der Waals surface area contributed by atoms with E-state index in [9.17, 15) is 14.7 Å². The van der Waals surface area contributed by atoms with Gasteiger partial charge in [-0.15, -0.1) is 0 Å². The van der Waals surface area contributed by atoms with Crippen LogP contribution in [0.2, 0.25) is 0 Å². The number of aliphatic hydroxyl groups is 1.